The van der Waals surface area contributed by atoms with Gasteiger partial charge in [-0.2, -0.15) is 10.4 Å². The van der Waals surface area contributed by atoms with Crippen molar-refractivity contribution >= 4 is 29.1 Å². The minimum absolute atomic E-state index is 0.0464. The largest absolute Gasteiger partial charge is 0.336 e. The zero-order valence-electron chi connectivity index (χ0n) is 20.2. The molecule has 0 aliphatic carbocycles. The molecule has 2 amide bonds. The molecule has 0 saturated carbocycles. The van der Waals surface area contributed by atoms with E-state index in [0.29, 0.717) is 18.7 Å². The van der Waals surface area contributed by atoms with Crippen LogP contribution in [-0.4, -0.2) is 51.7 Å². The molecule has 190 valence electrons. The van der Waals surface area contributed by atoms with Gasteiger partial charge in [0.2, 0.25) is 5.91 Å². The Labute approximate surface area is 217 Å². The number of piperazine rings is 1. The Bertz CT molecular complexity index is 1460. The van der Waals surface area contributed by atoms with E-state index in [1.54, 1.807) is 11.0 Å². The first-order valence-electron chi connectivity index (χ1n) is 11.6. The van der Waals surface area contributed by atoms with Gasteiger partial charge in [-0.15, -0.1) is 0 Å². The summed E-state index contributed by atoms with van der Waals surface area (Å²) >= 11 is 5.73. The van der Waals surface area contributed by atoms with Crippen LogP contribution >= 0.6 is 11.6 Å². The number of carbonyl (C=O) groups is 2. The molecule has 2 heterocycles. The van der Waals surface area contributed by atoms with Crippen molar-refractivity contribution in [3.8, 4) is 17.3 Å². The average Bonchev–Trinajstić information content (AvgIpc) is 2.85. The second kappa shape index (κ2) is 10.9. The molecule has 1 saturated heterocycles. The number of nitrogens with one attached hydrogen (secondary N) is 2. The SMILES string of the molecule is C[C@@H]1CN(C(=O)c2cc(C#N)cc(NC(=O)Cn3nc(-c4ccc(Cl)c(F)c4)ccc3=O)c2)C[C@H](C)N1. The number of anilines is 1. The van der Waals surface area contributed by atoms with Crippen LogP contribution in [0.15, 0.2) is 53.3 Å². The van der Waals surface area contributed by atoms with E-state index < -0.39 is 23.8 Å². The molecule has 4 rings (SSSR count). The first kappa shape index (κ1) is 26.0. The molecule has 9 nitrogen and oxygen atoms in total. The van der Waals surface area contributed by atoms with Crippen LogP contribution in [0, 0.1) is 17.1 Å². The lowest BCUT2D eigenvalue weighted by atomic mass is 10.1. The number of nitriles is 1. The summed E-state index contributed by atoms with van der Waals surface area (Å²) in [6.45, 7) is 4.58. The van der Waals surface area contributed by atoms with Crippen molar-refractivity contribution in [3.05, 3.63) is 80.9 Å². The van der Waals surface area contributed by atoms with E-state index in [1.807, 2.05) is 19.9 Å². The van der Waals surface area contributed by atoms with Crippen molar-refractivity contribution in [1.29, 1.82) is 5.26 Å². The van der Waals surface area contributed by atoms with Crippen molar-refractivity contribution in [3.63, 3.8) is 0 Å². The predicted octanol–water partition coefficient (Wildman–Crippen LogP) is 3.04. The van der Waals surface area contributed by atoms with Crippen molar-refractivity contribution in [2.45, 2.75) is 32.5 Å². The lowest BCUT2D eigenvalue weighted by molar-refractivity contribution is -0.117. The molecule has 0 spiro atoms. The first-order valence-corrected chi connectivity index (χ1v) is 11.9. The van der Waals surface area contributed by atoms with Crippen molar-refractivity contribution in [1.82, 2.24) is 20.0 Å². The number of aromatic nitrogens is 2. The van der Waals surface area contributed by atoms with E-state index >= 15 is 0 Å². The van der Waals surface area contributed by atoms with E-state index in [2.05, 4.69) is 15.7 Å². The summed E-state index contributed by atoms with van der Waals surface area (Å²) in [5.41, 5.74) is 0.862. The van der Waals surface area contributed by atoms with Gasteiger partial charge in [0.25, 0.3) is 11.5 Å². The van der Waals surface area contributed by atoms with E-state index in [4.69, 9.17) is 11.6 Å². The number of carbonyl (C=O) groups excluding carboxylic acids is 2. The maximum absolute atomic E-state index is 13.9. The van der Waals surface area contributed by atoms with Crippen molar-refractivity contribution in [2.24, 2.45) is 0 Å². The number of halogens is 2. The number of benzene rings is 2. The fourth-order valence-electron chi connectivity index (χ4n) is 4.27. The second-order valence-electron chi connectivity index (χ2n) is 8.98. The van der Waals surface area contributed by atoms with Crippen LogP contribution in [0.3, 0.4) is 0 Å². The zero-order valence-corrected chi connectivity index (χ0v) is 20.9. The van der Waals surface area contributed by atoms with E-state index in [0.717, 1.165) is 4.68 Å². The molecular weight excluding hydrogens is 499 g/mol. The summed E-state index contributed by atoms with van der Waals surface area (Å²) in [6, 6.07) is 13.4. The van der Waals surface area contributed by atoms with Gasteiger partial charge in [-0.1, -0.05) is 17.7 Å². The molecule has 1 fully saturated rings. The van der Waals surface area contributed by atoms with Gasteiger partial charge < -0.3 is 15.5 Å². The summed E-state index contributed by atoms with van der Waals surface area (Å²) in [4.78, 5) is 39.9. The fourth-order valence-corrected chi connectivity index (χ4v) is 4.39. The number of hydrogen-bond acceptors (Lipinski definition) is 6. The molecule has 2 aromatic carbocycles. The summed E-state index contributed by atoms with van der Waals surface area (Å²) in [6.07, 6.45) is 0. The van der Waals surface area contributed by atoms with Crippen LogP contribution in [-0.2, 0) is 11.3 Å². The normalized spacial score (nSPS) is 17.2. The Morgan fingerprint density at radius 3 is 2.57 bits per heavy atom. The Hall–Kier alpha value is -4.07. The Morgan fingerprint density at radius 1 is 1.16 bits per heavy atom. The molecule has 1 aromatic heterocycles. The van der Waals surface area contributed by atoms with Crippen LogP contribution in [0.2, 0.25) is 5.02 Å². The summed E-state index contributed by atoms with van der Waals surface area (Å²) in [5.74, 6) is -1.47. The summed E-state index contributed by atoms with van der Waals surface area (Å²) in [5, 5.41) is 19.6. The summed E-state index contributed by atoms with van der Waals surface area (Å²) < 4.78 is 14.8. The molecule has 1 aliphatic heterocycles. The molecule has 0 radical (unpaired) electrons. The molecule has 3 aromatic rings. The molecular formula is C26H24ClFN6O3. The molecule has 0 bridgehead atoms. The van der Waals surface area contributed by atoms with Crippen LogP contribution in [0.4, 0.5) is 10.1 Å². The Kier molecular flexibility index (Phi) is 7.66. The van der Waals surface area contributed by atoms with Crippen LogP contribution in [0.1, 0.15) is 29.8 Å². The quantitative estimate of drug-likeness (QED) is 0.531. The summed E-state index contributed by atoms with van der Waals surface area (Å²) in [7, 11) is 0. The van der Waals surface area contributed by atoms with Crippen LogP contribution in [0.25, 0.3) is 11.3 Å². The van der Waals surface area contributed by atoms with Crippen molar-refractivity contribution < 1.29 is 14.0 Å². The number of rotatable bonds is 5. The Morgan fingerprint density at radius 2 is 1.89 bits per heavy atom. The standard InChI is InChI=1S/C26H24ClFN6O3/c1-15-12-33(13-16(2)30-15)26(37)19-7-17(11-29)8-20(9-19)31-24(35)14-34-25(36)6-5-23(32-34)18-3-4-21(27)22(28)10-18/h3-10,15-16,30H,12-14H2,1-2H3,(H,31,35)/t15-,16+. The highest BCUT2D eigenvalue weighted by Crippen LogP contribution is 2.22. The molecule has 11 heteroatoms. The minimum atomic E-state index is -0.635. The fraction of sp³-hybridized carbons (Fsp3) is 0.269. The third-order valence-corrected chi connectivity index (χ3v) is 6.12. The smallest absolute Gasteiger partial charge is 0.267 e. The first-order chi connectivity index (χ1) is 17.6. The molecule has 1 aliphatic rings. The van der Waals surface area contributed by atoms with E-state index in [-0.39, 0.29) is 45.5 Å². The number of nitrogens with zero attached hydrogens (tertiary/aromatic N) is 4. The maximum atomic E-state index is 13.9. The number of amides is 2. The number of hydrogen-bond donors (Lipinski definition) is 2. The third kappa shape index (κ3) is 6.20. The highest BCUT2D eigenvalue weighted by Gasteiger charge is 2.26. The van der Waals surface area contributed by atoms with E-state index in [1.165, 1.54) is 42.5 Å². The van der Waals surface area contributed by atoms with Crippen LogP contribution in [0.5, 0.6) is 0 Å². The lowest BCUT2D eigenvalue weighted by Gasteiger charge is -2.36. The Balaban J connectivity index is 1.53. The highest BCUT2D eigenvalue weighted by molar-refractivity contribution is 6.30. The average molecular weight is 523 g/mol. The monoisotopic (exact) mass is 522 g/mol. The molecule has 2 N–H and O–H groups in total. The van der Waals surface area contributed by atoms with Gasteiger partial charge in [-0.05, 0) is 50.2 Å². The van der Waals surface area contributed by atoms with Gasteiger partial charge in [0, 0.05) is 48.1 Å². The van der Waals surface area contributed by atoms with Gasteiger partial charge in [-0.25, -0.2) is 9.07 Å². The third-order valence-electron chi connectivity index (χ3n) is 5.81. The molecule has 37 heavy (non-hydrogen) atoms. The zero-order chi connectivity index (χ0) is 26.7. The lowest BCUT2D eigenvalue weighted by Crippen LogP contribution is -2.55. The molecule has 0 unspecified atom stereocenters. The van der Waals surface area contributed by atoms with E-state index in [9.17, 15) is 24.0 Å². The van der Waals surface area contributed by atoms with Gasteiger partial charge >= 0.3 is 0 Å². The second-order valence-corrected chi connectivity index (χ2v) is 9.39. The highest BCUT2D eigenvalue weighted by atomic mass is 35.5. The maximum Gasteiger partial charge on any atom is 0.267 e. The van der Waals surface area contributed by atoms with Gasteiger partial charge in [0.05, 0.1) is 22.3 Å². The van der Waals surface area contributed by atoms with Crippen LogP contribution < -0.4 is 16.2 Å². The van der Waals surface area contributed by atoms with Gasteiger partial charge in [0.15, 0.2) is 0 Å². The predicted molar refractivity (Wildman–Crippen MR) is 137 cm³/mol. The van der Waals surface area contributed by atoms with Gasteiger partial charge in [0.1, 0.15) is 12.4 Å². The van der Waals surface area contributed by atoms with Crippen molar-refractivity contribution in [2.75, 3.05) is 18.4 Å². The minimum Gasteiger partial charge on any atom is -0.336 e. The molecule has 2 atom stereocenters. The topological polar surface area (TPSA) is 120 Å². The van der Waals surface area contributed by atoms with Gasteiger partial charge in [-0.3, -0.25) is 14.4 Å².